The molecular weight excluding hydrogens is 378 g/mol. The fourth-order valence-electron chi connectivity index (χ4n) is 2.17. The molecule has 0 spiro atoms. The van der Waals surface area contributed by atoms with Gasteiger partial charge in [0.2, 0.25) is 0 Å². The second-order valence-corrected chi connectivity index (χ2v) is 5.75. The van der Waals surface area contributed by atoms with Gasteiger partial charge in [0.05, 0.1) is 24.3 Å². The third-order valence-corrected chi connectivity index (χ3v) is 4.03. The topological polar surface area (TPSA) is 75.5 Å². The number of fused-ring (bicyclic) bond motifs is 1. The SMILES string of the molecule is COC(=O)c1ccc2nnn(OCc3ccc(OC)c(Br)c3)c2c1. The number of rotatable bonds is 5. The van der Waals surface area contributed by atoms with Crippen LogP contribution >= 0.6 is 15.9 Å². The summed E-state index contributed by atoms with van der Waals surface area (Å²) in [4.78, 5) is 18.6. The van der Waals surface area contributed by atoms with Crippen LogP contribution < -0.4 is 9.57 Å². The van der Waals surface area contributed by atoms with Crippen LogP contribution in [0.2, 0.25) is 0 Å². The first-order valence-electron chi connectivity index (χ1n) is 7.02. The highest BCUT2D eigenvalue weighted by Gasteiger charge is 2.11. The second kappa shape index (κ2) is 6.88. The minimum atomic E-state index is -0.427. The molecule has 0 radical (unpaired) electrons. The van der Waals surface area contributed by atoms with E-state index in [0.717, 1.165) is 15.8 Å². The molecule has 0 amide bonds. The molecule has 0 atom stereocenters. The van der Waals surface area contributed by atoms with E-state index < -0.39 is 5.97 Å². The summed E-state index contributed by atoms with van der Waals surface area (Å²) in [6.45, 7) is 0.281. The number of halogens is 1. The second-order valence-electron chi connectivity index (χ2n) is 4.90. The van der Waals surface area contributed by atoms with E-state index in [1.54, 1.807) is 25.3 Å². The van der Waals surface area contributed by atoms with E-state index >= 15 is 0 Å². The average molecular weight is 392 g/mol. The van der Waals surface area contributed by atoms with E-state index in [9.17, 15) is 4.79 Å². The molecular formula is C16H14BrN3O4. The summed E-state index contributed by atoms with van der Waals surface area (Å²) in [6, 6.07) is 10.6. The molecule has 0 aliphatic carbocycles. The smallest absolute Gasteiger partial charge is 0.337 e. The summed E-state index contributed by atoms with van der Waals surface area (Å²) in [5.41, 5.74) is 2.55. The first-order valence-corrected chi connectivity index (χ1v) is 7.81. The third-order valence-electron chi connectivity index (χ3n) is 3.41. The Kier molecular flexibility index (Phi) is 4.66. The van der Waals surface area contributed by atoms with Gasteiger partial charge in [0.1, 0.15) is 23.4 Å². The quantitative estimate of drug-likeness (QED) is 0.622. The van der Waals surface area contributed by atoms with Crippen molar-refractivity contribution in [2.24, 2.45) is 0 Å². The Balaban J connectivity index is 1.82. The molecule has 8 heteroatoms. The third kappa shape index (κ3) is 3.18. The normalized spacial score (nSPS) is 10.6. The number of nitrogens with zero attached hydrogens (tertiary/aromatic N) is 3. The monoisotopic (exact) mass is 391 g/mol. The fraction of sp³-hybridized carbons (Fsp3) is 0.188. The van der Waals surface area contributed by atoms with Crippen molar-refractivity contribution in [2.75, 3.05) is 14.2 Å². The molecule has 0 saturated carbocycles. The van der Waals surface area contributed by atoms with E-state index in [4.69, 9.17) is 14.3 Å². The van der Waals surface area contributed by atoms with Crippen LogP contribution in [0.15, 0.2) is 40.9 Å². The predicted molar refractivity (Wildman–Crippen MR) is 89.8 cm³/mol. The van der Waals surface area contributed by atoms with Crippen molar-refractivity contribution >= 4 is 32.9 Å². The molecule has 124 valence electrons. The van der Waals surface area contributed by atoms with Crippen LogP contribution in [0.5, 0.6) is 5.75 Å². The van der Waals surface area contributed by atoms with Gasteiger partial charge < -0.3 is 14.3 Å². The van der Waals surface area contributed by atoms with Crippen LogP contribution in [0.1, 0.15) is 15.9 Å². The van der Waals surface area contributed by atoms with E-state index in [0.29, 0.717) is 16.6 Å². The van der Waals surface area contributed by atoms with Crippen molar-refractivity contribution < 1.29 is 19.1 Å². The number of aromatic nitrogens is 3. The molecule has 0 N–H and O–H groups in total. The number of esters is 1. The van der Waals surface area contributed by atoms with Gasteiger partial charge in [0.15, 0.2) is 0 Å². The van der Waals surface area contributed by atoms with E-state index in [-0.39, 0.29) is 6.61 Å². The Morgan fingerprint density at radius 3 is 2.75 bits per heavy atom. The Labute approximate surface area is 146 Å². The Bertz CT molecular complexity index is 894. The average Bonchev–Trinajstić information content (AvgIpc) is 3.01. The van der Waals surface area contributed by atoms with Crippen molar-refractivity contribution in [1.29, 1.82) is 0 Å². The first-order chi connectivity index (χ1) is 11.6. The highest BCUT2D eigenvalue weighted by atomic mass is 79.9. The fourth-order valence-corrected chi connectivity index (χ4v) is 2.76. The molecule has 24 heavy (non-hydrogen) atoms. The van der Waals surface area contributed by atoms with Crippen molar-refractivity contribution in [2.45, 2.75) is 6.61 Å². The van der Waals surface area contributed by atoms with Crippen LogP contribution in [0.4, 0.5) is 0 Å². The van der Waals surface area contributed by atoms with Gasteiger partial charge in [-0.25, -0.2) is 4.79 Å². The lowest BCUT2D eigenvalue weighted by atomic mass is 10.2. The van der Waals surface area contributed by atoms with Crippen LogP contribution in [0.3, 0.4) is 0 Å². The number of hydrogen-bond acceptors (Lipinski definition) is 6. The Morgan fingerprint density at radius 2 is 2.04 bits per heavy atom. The van der Waals surface area contributed by atoms with Crippen LogP contribution in [-0.4, -0.2) is 35.3 Å². The summed E-state index contributed by atoms with van der Waals surface area (Å²) in [5.74, 6) is 0.316. The molecule has 0 saturated heterocycles. The maximum absolute atomic E-state index is 11.6. The van der Waals surface area contributed by atoms with Gasteiger partial charge in [-0.05, 0) is 57.0 Å². The molecule has 0 bridgehead atoms. The summed E-state index contributed by atoms with van der Waals surface area (Å²) in [5, 5.41) is 7.96. The summed E-state index contributed by atoms with van der Waals surface area (Å²) < 4.78 is 10.7. The molecule has 1 aromatic heterocycles. The predicted octanol–water partition coefficient (Wildman–Crippen LogP) is 2.62. The Morgan fingerprint density at radius 1 is 1.21 bits per heavy atom. The zero-order valence-electron chi connectivity index (χ0n) is 13.0. The number of ether oxygens (including phenoxy) is 2. The summed E-state index contributed by atoms with van der Waals surface area (Å²) in [6.07, 6.45) is 0. The van der Waals surface area contributed by atoms with Crippen LogP contribution in [-0.2, 0) is 11.3 Å². The van der Waals surface area contributed by atoms with Crippen LogP contribution in [0, 0.1) is 0 Å². The number of hydrogen-bond donors (Lipinski definition) is 0. The van der Waals surface area contributed by atoms with Gasteiger partial charge in [0.25, 0.3) is 0 Å². The molecule has 3 rings (SSSR count). The number of benzene rings is 2. The molecule has 0 aliphatic rings. The molecule has 7 nitrogen and oxygen atoms in total. The molecule has 1 heterocycles. The minimum Gasteiger partial charge on any atom is -0.496 e. The lowest BCUT2D eigenvalue weighted by molar-refractivity contribution is 0.0600. The number of carbonyl (C=O) groups excluding carboxylic acids is 1. The summed E-state index contributed by atoms with van der Waals surface area (Å²) in [7, 11) is 2.94. The maximum atomic E-state index is 11.6. The zero-order chi connectivity index (χ0) is 17.1. The largest absolute Gasteiger partial charge is 0.496 e. The van der Waals surface area contributed by atoms with Gasteiger partial charge in [0, 0.05) is 0 Å². The van der Waals surface area contributed by atoms with Gasteiger partial charge in [-0.1, -0.05) is 10.9 Å². The number of methoxy groups -OCH3 is 2. The van der Waals surface area contributed by atoms with Crippen molar-refractivity contribution in [3.8, 4) is 5.75 Å². The van der Waals surface area contributed by atoms with Crippen molar-refractivity contribution in [3.63, 3.8) is 0 Å². The molecule has 2 aromatic carbocycles. The van der Waals surface area contributed by atoms with Crippen molar-refractivity contribution in [3.05, 3.63) is 52.0 Å². The van der Waals surface area contributed by atoms with E-state index in [2.05, 4.69) is 26.2 Å². The first kappa shape index (κ1) is 16.3. The van der Waals surface area contributed by atoms with E-state index in [1.165, 1.54) is 12.0 Å². The molecule has 0 unspecified atom stereocenters. The standard InChI is InChI=1S/C16H14BrN3O4/c1-22-15-6-3-10(7-12(15)17)9-24-20-14-8-11(16(21)23-2)4-5-13(14)18-19-20/h3-8H,9H2,1-2H3. The summed E-state index contributed by atoms with van der Waals surface area (Å²) >= 11 is 3.43. The highest BCUT2D eigenvalue weighted by Crippen LogP contribution is 2.25. The van der Waals surface area contributed by atoms with Gasteiger partial charge >= 0.3 is 5.97 Å². The zero-order valence-corrected chi connectivity index (χ0v) is 14.6. The lowest BCUT2D eigenvalue weighted by Crippen LogP contribution is -2.13. The van der Waals surface area contributed by atoms with Crippen LogP contribution in [0.25, 0.3) is 11.0 Å². The van der Waals surface area contributed by atoms with E-state index in [1.807, 2.05) is 18.2 Å². The molecule has 0 fully saturated rings. The van der Waals surface area contributed by atoms with Gasteiger partial charge in [-0.2, -0.15) is 0 Å². The minimum absolute atomic E-state index is 0.281. The molecule has 3 aromatic rings. The lowest BCUT2D eigenvalue weighted by Gasteiger charge is -2.08. The number of carbonyl (C=O) groups is 1. The Hall–Kier alpha value is -2.61. The van der Waals surface area contributed by atoms with Crippen molar-refractivity contribution in [1.82, 2.24) is 15.2 Å². The van der Waals surface area contributed by atoms with Gasteiger partial charge in [-0.15, -0.1) is 5.10 Å². The highest BCUT2D eigenvalue weighted by molar-refractivity contribution is 9.10. The maximum Gasteiger partial charge on any atom is 0.337 e. The molecule has 0 aliphatic heterocycles. The van der Waals surface area contributed by atoms with Gasteiger partial charge in [-0.3, -0.25) is 0 Å².